The number of anilines is 1. The molecule has 2 aromatic carbocycles. The summed E-state index contributed by atoms with van der Waals surface area (Å²) in [4.78, 5) is 20.1. The van der Waals surface area contributed by atoms with E-state index in [-0.39, 0.29) is 5.57 Å². The summed E-state index contributed by atoms with van der Waals surface area (Å²) in [5.74, 6) is -0.460. The van der Waals surface area contributed by atoms with Crippen molar-refractivity contribution in [3.63, 3.8) is 0 Å². The first-order valence-corrected chi connectivity index (χ1v) is 8.98. The number of hydrogen-bond donors (Lipinski definition) is 2. The molecule has 0 aliphatic heterocycles. The average molecular weight is 417 g/mol. The van der Waals surface area contributed by atoms with Gasteiger partial charge in [0, 0.05) is 38.7 Å². The molecule has 0 radical (unpaired) electrons. The smallest absolute Gasteiger partial charge is 0.266 e. The van der Waals surface area contributed by atoms with Crippen molar-refractivity contribution < 1.29 is 4.79 Å². The summed E-state index contributed by atoms with van der Waals surface area (Å²) in [7, 11) is 0. The van der Waals surface area contributed by atoms with Crippen molar-refractivity contribution in [2.24, 2.45) is 0 Å². The maximum absolute atomic E-state index is 12.7. The van der Waals surface area contributed by atoms with Crippen LogP contribution < -0.4 is 5.32 Å². The van der Waals surface area contributed by atoms with Crippen molar-refractivity contribution in [2.75, 3.05) is 5.32 Å². The van der Waals surface area contributed by atoms with Crippen LogP contribution in [0.15, 0.2) is 71.0 Å². The fraction of sp³-hybridized carbons (Fsp3) is 0. The van der Waals surface area contributed by atoms with E-state index in [1.54, 1.807) is 24.5 Å². The Hall–Kier alpha value is -3.43. The molecule has 27 heavy (non-hydrogen) atoms. The van der Waals surface area contributed by atoms with Crippen LogP contribution in [0.5, 0.6) is 0 Å². The van der Waals surface area contributed by atoms with Gasteiger partial charge in [0.1, 0.15) is 11.6 Å². The number of hydrogen-bond acceptors (Lipinski definition) is 3. The molecule has 6 heteroatoms. The van der Waals surface area contributed by atoms with E-state index in [1.807, 2.05) is 48.5 Å². The number of aromatic nitrogens is 2. The van der Waals surface area contributed by atoms with Gasteiger partial charge >= 0.3 is 0 Å². The first-order valence-electron chi connectivity index (χ1n) is 8.19. The van der Waals surface area contributed by atoms with Gasteiger partial charge in [-0.2, -0.15) is 5.26 Å². The lowest BCUT2D eigenvalue weighted by atomic mass is 10.1. The fourth-order valence-corrected chi connectivity index (χ4v) is 3.30. The maximum atomic E-state index is 12.7. The van der Waals surface area contributed by atoms with E-state index in [0.717, 1.165) is 31.8 Å². The molecule has 2 heterocycles. The Labute approximate surface area is 163 Å². The highest BCUT2D eigenvalue weighted by Crippen LogP contribution is 2.25. The summed E-state index contributed by atoms with van der Waals surface area (Å²) in [6, 6.07) is 17.0. The van der Waals surface area contributed by atoms with Gasteiger partial charge in [-0.15, -0.1) is 0 Å². The molecule has 130 valence electrons. The number of nitrogens with zero attached hydrogens (tertiary/aromatic N) is 2. The van der Waals surface area contributed by atoms with Crippen LogP contribution in [0.2, 0.25) is 0 Å². The van der Waals surface area contributed by atoms with Crippen LogP contribution in [0.25, 0.3) is 27.9 Å². The second kappa shape index (κ2) is 7.06. The van der Waals surface area contributed by atoms with Gasteiger partial charge in [-0.05, 0) is 48.5 Å². The lowest BCUT2D eigenvalue weighted by molar-refractivity contribution is -0.112. The summed E-state index contributed by atoms with van der Waals surface area (Å²) in [6.07, 6.45) is 5.07. The van der Waals surface area contributed by atoms with Crippen LogP contribution in [-0.4, -0.2) is 15.9 Å². The molecule has 0 unspecified atom stereocenters. The van der Waals surface area contributed by atoms with Crippen molar-refractivity contribution in [2.45, 2.75) is 0 Å². The number of carbonyl (C=O) groups excluding carboxylic acids is 1. The van der Waals surface area contributed by atoms with Gasteiger partial charge < -0.3 is 10.3 Å². The molecule has 0 spiro atoms. The Bertz CT molecular complexity index is 1240. The number of nitrogens with one attached hydrogen (secondary N) is 2. The minimum Gasteiger partial charge on any atom is -0.361 e. The second-order valence-corrected chi connectivity index (χ2v) is 6.85. The van der Waals surface area contributed by atoms with Crippen molar-refractivity contribution >= 4 is 55.4 Å². The van der Waals surface area contributed by atoms with Crippen molar-refractivity contribution in [1.29, 1.82) is 5.26 Å². The van der Waals surface area contributed by atoms with Gasteiger partial charge in [0.15, 0.2) is 0 Å². The number of halogens is 1. The largest absolute Gasteiger partial charge is 0.361 e. The van der Waals surface area contributed by atoms with Gasteiger partial charge in [0.05, 0.1) is 11.2 Å². The SMILES string of the molecule is N#C/C(=C\c1c[nH]c2ccc(Br)cc12)C(=O)Nc1cccc2ncccc12. The highest BCUT2D eigenvalue weighted by molar-refractivity contribution is 9.10. The molecule has 0 fully saturated rings. The summed E-state index contributed by atoms with van der Waals surface area (Å²) >= 11 is 3.45. The summed E-state index contributed by atoms with van der Waals surface area (Å²) in [5.41, 5.74) is 3.13. The predicted molar refractivity (Wildman–Crippen MR) is 110 cm³/mol. The number of amides is 1. The molecule has 4 aromatic rings. The Morgan fingerprint density at radius 3 is 2.93 bits per heavy atom. The number of aromatic amines is 1. The molecule has 0 saturated heterocycles. The van der Waals surface area contributed by atoms with Crippen LogP contribution in [0, 0.1) is 11.3 Å². The predicted octanol–water partition coefficient (Wildman–Crippen LogP) is 5.02. The lowest BCUT2D eigenvalue weighted by Gasteiger charge is -2.07. The Kier molecular flexibility index (Phi) is 4.45. The van der Waals surface area contributed by atoms with Gasteiger partial charge in [0.25, 0.3) is 5.91 Å². The topological polar surface area (TPSA) is 81.6 Å². The summed E-state index contributed by atoms with van der Waals surface area (Å²) < 4.78 is 0.926. The zero-order valence-electron chi connectivity index (χ0n) is 14.0. The number of rotatable bonds is 3. The quantitative estimate of drug-likeness (QED) is 0.363. The first kappa shape index (κ1) is 17.0. The molecule has 0 bridgehead atoms. The van der Waals surface area contributed by atoms with E-state index in [4.69, 9.17) is 0 Å². The third-order valence-electron chi connectivity index (χ3n) is 4.23. The monoisotopic (exact) mass is 416 g/mol. The zero-order chi connectivity index (χ0) is 18.8. The van der Waals surface area contributed by atoms with Crippen molar-refractivity contribution in [3.8, 4) is 6.07 Å². The minimum atomic E-state index is -0.460. The third-order valence-corrected chi connectivity index (χ3v) is 4.73. The van der Waals surface area contributed by atoms with Crippen molar-refractivity contribution in [3.05, 3.63) is 76.5 Å². The second-order valence-electron chi connectivity index (χ2n) is 5.93. The molecular formula is C21H13BrN4O. The molecule has 5 nitrogen and oxygen atoms in total. The minimum absolute atomic E-state index is 0.0248. The van der Waals surface area contributed by atoms with E-state index in [9.17, 15) is 10.1 Å². The molecule has 0 atom stereocenters. The van der Waals surface area contributed by atoms with Gasteiger partial charge in [-0.1, -0.05) is 22.0 Å². The van der Waals surface area contributed by atoms with E-state index >= 15 is 0 Å². The average Bonchev–Trinajstić information content (AvgIpc) is 3.08. The number of nitriles is 1. The van der Waals surface area contributed by atoms with Crippen LogP contribution >= 0.6 is 15.9 Å². The number of carbonyl (C=O) groups is 1. The highest BCUT2D eigenvalue weighted by atomic mass is 79.9. The molecule has 2 N–H and O–H groups in total. The molecule has 0 aliphatic carbocycles. The summed E-state index contributed by atoms with van der Waals surface area (Å²) in [5, 5.41) is 14.1. The van der Waals surface area contributed by atoms with Crippen LogP contribution in [0.1, 0.15) is 5.56 Å². The number of H-pyrrole nitrogens is 1. The number of fused-ring (bicyclic) bond motifs is 2. The third kappa shape index (κ3) is 3.33. The van der Waals surface area contributed by atoms with E-state index in [2.05, 4.69) is 31.2 Å². The Morgan fingerprint density at radius 2 is 2.07 bits per heavy atom. The van der Waals surface area contributed by atoms with Gasteiger partial charge in [-0.25, -0.2) is 0 Å². The molecular weight excluding hydrogens is 404 g/mol. The summed E-state index contributed by atoms with van der Waals surface area (Å²) in [6.45, 7) is 0. The Balaban J connectivity index is 1.69. The van der Waals surface area contributed by atoms with Gasteiger partial charge in [0.2, 0.25) is 0 Å². The number of benzene rings is 2. The fourth-order valence-electron chi connectivity index (χ4n) is 2.94. The van der Waals surface area contributed by atoms with Crippen LogP contribution in [0.4, 0.5) is 5.69 Å². The van der Waals surface area contributed by atoms with Crippen LogP contribution in [0.3, 0.4) is 0 Å². The lowest BCUT2D eigenvalue weighted by Crippen LogP contribution is -2.13. The molecule has 4 rings (SSSR count). The van der Waals surface area contributed by atoms with Gasteiger partial charge in [-0.3, -0.25) is 9.78 Å². The van der Waals surface area contributed by atoms with Crippen LogP contribution in [-0.2, 0) is 4.79 Å². The zero-order valence-corrected chi connectivity index (χ0v) is 15.6. The number of pyridine rings is 1. The first-order chi connectivity index (χ1) is 13.2. The van der Waals surface area contributed by atoms with E-state index in [1.165, 1.54) is 0 Å². The molecule has 0 saturated carbocycles. The molecule has 2 aromatic heterocycles. The Morgan fingerprint density at radius 1 is 1.19 bits per heavy atom. The maximum Gasteiger partial charge on any atom is 0.266 e. The van der Waals surface area contributed by atoms with E-state index < -0.39 is 5.91 Å². The standard InChI is InChI=1S/C21H13BrN4O/c22-15-6-7-19-17(10-15)14(12-25-19)9-13(11-23)21(27)26-20-5-1-4-18-16(20)3-2-8-24-18/h1-10,12,25H,(H,26,27)/b13-9+. The van der Waals surface area contributed by atoms with Crippen molar-refractivity contribution in [1.82, 2.24) is 9.97 Å². The highest BCUT2D eigenvalue weighted by Gasteiger charge is 2.13. The molecule has 0 aliphatic rings. The normalized spacial score (nSPS) is 11.5. The molecule has 1 amide bonds. The van der Waals surface area contributed by atoms with E-state index in [0.29, 0.717) is 5.69 Å².